The molecular weight excluding hydrogens is 598 g/mol. The fourth-order valence-electron chi connectivity index (χ4n) is 5.85. The molecule has 0 aromatic rings. The van der Waals surface area contributed by atoms with Crippen molar-refractivity contribution in [3.8, 4) is 0 Å². The summed E-state index contributed by atoms with van der Waals surface area (Å²) in [6.07, 6.45) is 24.0. The molecule has 0 bridgehead atoms. The average Bonchev–Trinajstić information content (AvgIpc) is 3.41. The van der Waals surface area contributed by atoms with E-state index in [9.17, 15) is 14.4 Å². The van der Waals surface area contributed by atoms with Crippen LogP contribution in [0.2, 0.25) is 0 Å². The van der Waals surface area contributed by atoms with Gasteiger partial charge in [-0.25, -0.2) is 4.79 Å². The Morgan fingerprint density at radius 3 is 1.47 bits per heavy atom. The third-order valence-electron chi connectivity index (χ3n) is 8.85. The predicted octanol–water partition coefficient (Wildman–Crippen LogP) is 9.33. The summed E-state index contributed by atoms with van der Waals surface area (Å²) in [5.41, 5.74) is 0. The molecule has 0 aromatic heterocycles. The number of carbonyl (C=O) groups is 3. The highest BCUT2D eigenvalue weighted by atomic mass is 16.7. The molecule has 0 spiro atoms. The minimum absolute atomic E-state index is 0.0874. The summed E-state index contributed by atoms with van der Waals surface area (Å²) < 4.78 is 27.7. The second kappa shape index (κ2) is 30.2. The highest BCUT2D eigenvalue weighted by molar-refractivity contribution is 5.70. The van der Waals surface area contributed by atoms with Crippen molar-refractivity contribution in [3.63, 3.8) is 0 Å². The van der Waals surface area contributed by atoms with Gasteiger partial charge in [0.2, 0.25) is 0 Å². The van der Waals surface area contributed by atoms with E-state index < -0.39 is 24.5 Å². The van der Waals surface area contributed by atoms with Gasteiger partial charge in [0, 0.05) is 19.4 Å². The van der Waals surface area contributed by atoms with Crippen LogP contribution >= 0.6 is 0 Å². The Labute approximate surface area is 287 Å². The van der Waals surface area contributed by atoms with Gasteiger partial charge in [0.05, 0.1) is 6.61 Å². The molecule has 1 saturated heterocycles. The maximum absolute atomic E-state index is 12.8. The molecule has 9 heteroatoms. The van der Waals surface area contributed by atoms with E-state index in [-0.39, 0.29) is 31.8 Å². The number of hydrogen-bond acceptors (Lipinski definition) is 9. The number of unbranched alkanes of at least 4 members (excludes halogenated alkanes) is 20. The Balaban J connectivity index is 2.41. The van der Waals surface area contributed by atoms with Gasteiger partial charge in [-0.05, 0) is 26.9 Å². The number of hydrogen-bond donors (Lipinski definition) is 0. The zero-order valence-corrected chi connectivity index (χ0v) is 30.7. The lowest BCUT2D eigenvalue weighted by atomic mass is 10.1. The largest absolute Gasteiger partial charge is 0.508 e. The van der Waals surface area contributed by atoms with E-state index in [0.717, 1.165) is 38.5 Å². The number of ether oxygens (including phenoxy) is 5. The summed E-state index contributed by atoms with van der Waals surface area (Å²) >= 11 is 0. The molecule has 0 amide bonds. The Hall–Kier alpha value is -1.87. The van der Waals surface area contributed by atoms with Crippen LogP contribution in [0.5, 0.6) is 0 Å². The van der Waals surface area contributed by atoms with Gasteiger partial charge < -0.3 is 28.6 Å². The third kappa shape index (κ3) is 24.9. The Bertz CT molecular complexity index is 777. The van der Waals surface area contributed by atoms with Crippen LogP contribution in [-0.2, 0) is 33.3 Å². The lowest BCUT2D eigenvalue weighted by Gasteiger charge is -2.23. The molecule has 0 N–H and O–H groups in total. The van der Waals surface area contributed by atoms with Crippen LogP contribution in [0, 0.1) is 0 Å². The molecule has 0 saturated carbocycles. The van der Waals surface area contributed by atoms with Crippen molar-refractivity contribution in [2.45, 2.75) is 186 Å². The number of rotatable bonds is 31. The molecule has 1 aliphatic rings. The number of likely N-dealkylation sites (N-methyl/N-ethyl adjacent to an activating group) is 1. The van der Waals surface area contributed by atoms with E-state index in [4.69, 9.17) is 23.7 Å². The number of nitrogens with zero attached hydrogens (tertiary/aromatic N) is 1. The zero-order chi connectivity index (χ0) is 34.4. The van der Waals surface area contributed by atoms with Gasteiger partial charge in [0.25, 0.3) is 0 Å². The van der Waals surface area contributed by atoms with Crippen molar-refractivity contribution in [2.75, 3.05) is 40.5 Å². The van der Waals surface area contributed by atoms with Crippen molar-refractivity contribution < 1.29 is 38.1 Å². The fourth-order valence-corrected chi connectivity index (χ4v) is 5.85. The lowest BCUT2D eigenvalue weighted by molar-refractivity contribution is -0.166. The van der Waals surface area contributed by atoms with Crippen LogP contribution in [0.4, 0.5) is 4.79 Å². The molecule has 1 fully saturated rings. The quantitative estimate of drug-likeness (QED) is 0.0406. The first-order valence-corrected chi connectivity index (χ1v) is 19.3. The first kappa shape index (κ1) is 43.2. The van der Waals surface area contributed by atoms with Gasteiger partial charge in [-0.1, -0.05) is 142 Å². The first-order chi connectivity index (χ1) is 22.9. The average molecular weight is 670 g/mol. The Kier molecular flexibility index (Phi) is 27.7. The van der Waals surface area contributed by atoms with Gasteiger partial charge in [0.1, 0.15) is 19.3 Å². The fraction of sp³-hybridized carbons (Fsp3) is 0.921. The predicted molar refractivity (Wildman–Crippen MR) is 188 cm³/mol. The monoisotopic (exact) mass is 670 g/mol. The normalized spacial score (nSPS) is 17.6. The maximum Gasteiger partial charge on any atom is 0.508 e. The summed E-state index contributed by atoms with van der Waals surface area (Å²) in [7, 11) is 3.77. The summed E-state index contributed by atoms with van der Waals surface area (Å²) in [6.45, 7) is 5.20. The van der Waals surface area contributed by atoms with Gasteiger partial charge in [-0.3, -0.25) is 9.59 Å². The second-order valence-corrected chi connectivity index (χ2v) is 13.6. The van der Waals surface area contributed by atoms with Gasteiger partial charge in [0.15, 0.2) is 12.2 Å². The van der Waals surface area contributed by atoms with Crippen LogP contribution < -0.4 is 0 Å². The van der Waals surface area contributed by atoms with E-state index >= 15 is 0 Å². The molecule has 276 valence electrons. The molecular formula is C38H71NO8. The topological polar surface area (TPSA) is 101 Å². The van der Waals surface area contributed by atoms with Crippen molar-refractivity contribution in [2.24, 2.45) is 0 Å². The molecule has 1 heterocycles. The van der Waals surface area contributed by atoms with Gasteiger partial charge >= 0.3 is 18.1 Å². The minimum atomic E-state index is -0.828. The number of esters is 2. The van der Waals surface area contributed by atoms with Crippen molar-refractivity contribution in [1.29, 1.82) is 0 Å². The Morgan fingerprint density at radius 2 is 1.02 bits per heavy atom. The van der Waals surface area contributed by atoms with Crippen molar-refractivity contribution >= 4 is 18.1 Å². The third-order valence-corrected chi connectivity index (χ3v) is 8.85. The van der Waals surface area contributed by atoms with Crippen molar-refractivity contribution in [1.82, 2.24) is 4.90 Å². The lowest BCUT2D eigenvalue weighted by Crippen LogP contribution is -2.40. The number of carbonyl (C=O) groups excluding carboxylic acids is 3. The SMILES string of the molecule is CCCCCCCCCCCCCC(=O)O[C@@H]1[C@@H](OC(=O)CCCCCCCCCCCCC)CO[C@@H]1COC(=O)OCCN(C)C. The van der Waals surface area contributed by atoms with E-state index in [0.29, 0.717) is 19.4 Å². The molecule has 1 aliphatic heterocycles. The van der Waals surface area contributed by atoms with Gasteiger partial charge in [-0.15, -0.1) is 0 Å². The van der Waals surface area contributed by atoms with E-state index in [1.807, 2.05) is 19.0 Å². The summed E-state index contributed by atoms with van der Waals surface area (Å²) in [4.78, 5) is 39.5. The molecule has 9 nitrogen and oxygen atoms in total. The highest BCUT2D eigenvalue weighted by Crippen LogP contribution is 2.24. The van der Waals surface area contributed by atoms with Crippen molar-refractivity contribution in [3.05, 3.63) is 0 Å². The smallest absolute Gasteiger partial charge is 0.456 e. The van der Waals surface area contributed by atoms with E-state index in [1.165, 1.54) is 103 Å². The maximum atomic E-state index is 12.8. The molecule has 0 unspecified atom stereocenters. The standard InChI is InChI=1S/C38H71NO8/c1-5-7-9-11-13-15-17-19-21-23-25-27-35(40)46-34-32-44-33(31-45-38(42)43-30-29-39(3)4)37(34)47-36(41)28-26-24-22-20-18-16-14-12-10-8-6-2/h33-34,37H,5-32H2,1-4H3/t33-,34+,37+/m1/s1. The summed E-state index contributed by atoms with van der Waals surface area (Å²) in [5.74, 6) is -0.660. The molecule has 47 heavy (non-hydrogen) atoms. The molecule has 0 radical (unpaired) electrons. The zero-order valence-electron chi connectivity index (χ0n) is 30.7. The molecule has 0 aromatic carbocycles. The second-order valence-electron chi connectivity index (χ2n) is 13.6. The van der Waals surface area contributed by atoms with Gasteiger partial charge in [-0.2, -0.15) is 0 Å². The molecule has 3 atom stereocenters. The highest BCUT2D eigenvalue weighted by Gasteiger charge is 2.43. The first-order valence-electron chi connectivity index (χ1n) is 19.3. The van der Waals surface area contributed by atoms with E-state index in [2.05, 4.69) is 13.8 Å². The van der Waals surface area contributed by atoms with Crippen LogP contribution in [0.3, 0.4) is 0 Å². The minimum Gasteiger partial charge on any atom is -0.456 e. The van der Waals surface area contributed by atoms with Crippen LogP contribution in [-0.4, -0.2) is 81.8 Å². The van der Waals surface area contributed by atoms with E-state index in [1.54, 1.807) is 0 Å². The molecule has 1 rings (SSSR count). The van der Waals surface area contributed by atoms with Crippen LogP contribution in [0.15, 0.2) is 0 Å². The molecule has 0 aliphatic carbocycles. The van der Waals surface area contributed by atoms with Crippen LogP contribution in [0.25, 0.3) is 0 Å². The van der Waals surface area contributed by atoms with Crippen LogP contribution in [0.1, 0.15) is 168 Å². The Morgan fingerprint density at radius 1 is 0.596 bits per heavy atom. The summed E-state index contributed by atoms with van der Waals surface area (Å²) in [5, 5.41) is 0. The summed E-state index contributed by atoms with van der Waals surface area (Å²) in [6, 6.07) is 0.